The van der Waals surface area contributed by atoms with E-state index in [4.69, 9.17) is 9.94 Å². The minimum Gasteiger partial charge on any atom is -0.394 e. The average molecular weight is 490 g/mol. The molecule has 0 unspecified atom stereocenters. The van der Waals surface area contributed by atoms with Gasteiger partial charge >= 0.3 is 0 Å². The maximum absolute atomic E-state index is 15.0. The summed E-state index contributed by atoms with van der Waals surface area (Å²) < 4.78 is 30.4. The second-order valence-corrected chi connectivity index (χ2v) is 7.46. The van der Waals surface area contributed by atoms with E-state index in [1.54, 1.807) is 12.1 Å². The smallest absolute Gasteiger partial charge is 0.275 e. The quantitative estimate of drug-likeness (QED) is 0.316. The van der Waals surface area contributed by atoms with Gasteiger partial charge in [-0.1, -0.05) is 6.07 Å². The van der Waals surface area contributed by atoms with E-state index in [-0.39, 0.29) is 41.8 Å². The van der Waals surface area contributed by atoms with Crippen LogP contribution in [0.3, 0.4) is 0 Å². The zero-order chi connectivity index (χ0) is 18.7. The lowest BCUT2D eigenvalue weighted by atomic mass is 9.98. The van der Waals surface area contributed by atoms with Crippen LogP contribution >= 0.6 is 33.9 Å². The van der Waals surface area contributed by atoms with Crippen LogP contribution in [0.5, 0.6) is 0 Å². The fourth-order valence-corrected chi connectivity index (χ4v) is 3.61. The van der Waals surface area contributed by atoms with Crippen LogP contribution in [0.15, 0.2) is 29.8 Å². The lowest BCUT2D eigenvalue weighted by Crippen LogP contribution is -2.26. The summed E-state index contributed by atoms with van der Waals surface area (Å²) in [6.07, 6.45) is -0.106. The Hall–Kier alpha value is -1.69. The number of carbonyl (C=O) groups is 1. The van der Waals surface area contributed by atoms with Crippen LogP contribution in [0.2, 0.25) is 0 Å². The molecule has 3 aromatic rings. The van der Waals surface area contributed by atoms with Crippen molar-refractivity contribution in [2.45, 2.75) is 6.42 Å². The van der Waals surface area contributed by atoms with Gasteiger partial charge < -0.3 is 5.11 Å². The molecule has 0 saturated carbocycles. The van der Waals surface area contributed by atoms with Gasteiger partial charge in [0.25, 0.3) is 5.91 Å². The SMILES string of the molecule is O=C(NOCCO)c1cc2scnc2c(F)c1Cc1ccc(I)cc1F. The number of hydrogen-bond acceptors (Lipinski definition) is 5. The van der Waals surface area contributed by atoms with E-state index in [0.29, 0.717) is 4.70 Å². The van der Waals surface area contributed by atoms with Crippen molar-refractivity contribution in [2.24, 2.45) is 0 Å². The van der Waals surface area contributed by atoms with Crippen molar-refractivity contribution in [3.05, 3.63) is 61.7 Å². The van der Waals surface area contributed by atoms with Gasteiger partial charge in [0, 0.05) is 21.1 Å². The number of rotatable bonds is 6. The molecule has 0 aliphatic rings. The molecule has 3 rings (SSSR count). The van der Waals surface area contributed by atoms with Crippen LogP contribution in [-0.2, 0) is 11.3 Å². The van der Waals surface area contributed by atoms with Crippen LogP contribution < -0.4 is 5.48 Å². The van der Waals surface area contributed by atoms with E-state index in [1.807, 2.05) is 22.6 Å². The lowest BCUT2D eigenvalue weighted by molar-refractivity contribution is 0.0167. The Bertz CT molecular complexity index is 965. The minimum absolute atomic E-state index is 0.0357. The van der Waals surface area contributed by atoms with Gasteiger partial charge in [-0.15, -0.1) is 11.3 Å². The lowest BCUT2D eigenvalue weighted by Gasteiger charge is -2.12. The summed E-state index contributed by atoms with van der Waals surface area (Å²) in [7, 11) is 0. The molecule has 26 heavy (non-hydrogen) atoms. The molecule has 0 aliphatic carbocycles. The van der Waals surface area contributed by atoms with E-state index < -0.39 is 17.5 Å². The molecule has 0 aliphatic heterocycles. The Kier molecular flexibility index (Phi) is 6.12. The van der Waals surface area contributed by atoms with Gasteiger partial charge in [0.1, 0.15) is 11.3 Å². The van der Waals surface area contributed by atoms with Crippen molar-refractivity contribution in [1.82, 2.24) is 10.5 Å². The average Bonchev–Trinajstić information content (AvgIpc) is 3.08. The number of hydrogen-bond donors (Lipinski definition) is 2. The highest BCUT2D eigenvalue weighted by Gasteiger charge is 2.21. The first kappa shape index (κ1) is 19.1. The van der Waals surface area contributed by atoms with Gasteiger partial charge in [0.2, 0.25) is 0 Å². The molecular weight excluding hydrogens is 477 g/mol. The highest BCUT2D eigenvalue weighted by Crippen LogP contribution is 2.29. The number of fused-ring (bicyclic) bond motifs is 1. The fraction of sp³-hybridized carbons (Fsp3) is 0.176. The molecule has 0 radical (unpaired) electrons. The third-order valence-electron chi connectivity index (χ3n) is 3.65. The zero-order valence-corrected chi connectivity index (χ0v) is 16.2. The predicted molar refractivity (Wildman–Crippen MR) is 102 cm³/mol. The number of halogens is 3. The van der Waals surface area contributed by atoms with Crippen molar-refractivity contribution in [2.75, 3.05) is 13.2 Å². The third kappa shape index (κ3) is 4.00. The molecule has 1 amide bonds. The van der Waals surface area contributed by atoms with Crippen LogP contribution in [-0.4, -0.2) is 29.2 Å². The molecule has 0 fully saturated rings. The van der Waals surface area contributed by atoms with Gasteiger partial charge in [0.05, 0.1) is 23.4 Å². The molecule has 2 aromatic carbocycles. The summed E-state index contributed by atoms with van der Waals surface area (Å²) in [4.78, 5) is 21.2. The van der Waals surface area contributed by atoms with Crippen molar-refractivity contribution in [3.63, 3.8) is 0 Å². The highest BCUT2D eigenvalue weighted by atomic mass is 127. The van der Waals surface area contributed by atoms with Crippen molar-refractivity contribution in [3.8, 4) is 0 Å². The van der Waals surface area contributed by atoms with Crippen molar-refractivity contribution < 1.29 is 23.5 Å². The van der Waals surface area contributed by atoms with E-state index in [1.165, 1.54) is 29.0 Å². The molecule has 5 nitrogen and oxygen atoms in total. The normalized spacial score (nSPS) is 11.1. The monoisotopic (exact) mass is 490 g/mol. The number of amides is 1. The summed E-state index contributed by atoms with van der Waals surface area (Å²) in [6.45, 7) is -0.374. The molecule has 0 atom stereocenters. The van der Waals surface area contributed by atoms with E-state index in [2.05, 4.69) is 10.5 Å². The topological polar surface area (TPSA) is 71.5 Å². The standard InChI is InChI=1S/C17H13F2IN2O3S/c18-13-6-10(20)2-1-9(13)5-11-12(17(24)22-25-4-3-23)7-14-16(15(11)19)21-8-26-14/h1-2,6-8,23H,3-5H2,(H,22,24). The molecule has 136 valence electrons. The maximum atomic E-state index is 15.0. The Labute approximate surface area is 165 Å². The molecule has 0 saturated heterocycles. The fourth-order valence-electron chi connectivity index (χ4n) is 2.45. The number of benzene rings is 2. The van der Waals surface area contributed by atoms with Crippen LogP contribution in [0.25, 0.3) is 10.2 Å². The summed E-state index contributed by atoms with van der Waals surface area (Å²) in [5.41, 5.74) is 4.12. The molecule has 1 heterocycles. The number of nitrogens with one attached hydrogen (secondary N) is 1. The first-order valence-corrected chi connectivity index (χ1v) is 9.48. The zero-order valence-electron chi connectivity index (χ0n) is 13.3. The van der Waals surface area contributed by atoms with E-state index in [0.717, 1.165) is 3.57 Å². The van der Waals surface area contributed by atoms with Gasteiger partial charge in [-0.3, -0.25) is 9.63 Å². The number of aliphatic hydroxyl groups excluding tert-OH is 1. The van der Waals surface area contributed by atoms with Gasteiger partial charge in [-0.2, -0.15) is 0 Å². The van der Waals surface area contributed by atoms with Crippen molar-refractivity contribution >= 4 is 50.1 Å². The summed E-state index contributed by atoms with van der Waals surface area (Å²) in [6, 6.07) is 6.13. The Balaban J connectivity index is 2.04. The third-order valence-corrected chi connectivity index (χ3v) is 5.10. The second-order valence-electron chi connectivity index (χ2n) is 5.33. The molecule has 2 N–H and O–H groups in total. The molecule has 0 spiro atoms. The predicted octanol–water partition coefficient (Wildman–Crippen LogP) is 3.42. The van der Waals surface area contributed by atoms with Gasteiger partial charge in [0.15, 0.2) is 5.82 Å². The first-order chi connectivity index (χ1) is 12.5. The van der Waals surface area contributed by atoms with Crippen LogP contribution in [0, 0.1) is 15.2 Å². The molecule has 9 heteroatoms. The summed E-state index contributed by atoms with van der Waals surface area (Å²) >= 11 is 3.18. The molecule has 0 bridgehead atoms. The molecular formula is C17H13F2IN2O3S. The van der Waals surface area contributed by atoms with Gasteiger partial charge in [-0.05, 0) is 46.4 Å². The van der Waals surface area contributed by atoms with E-state index >= 15 is 0 Å². The summed E-state index contributed by atoms with van der Waals surface area (Å²) in [5.74, 6) is -1.81. The van der Waals surface area contributed by atoms with Crippen LogP contribution in [0.4, 0.5) is 8.78 Å². The molecule has 1 aromatic heterocycles. The minimum atomic E-state index is -0.673. The van der Waals surface area contributed by atoms with Crippen LogP contribution in [0.1, 0.15) is 21.5 Å². The number of hydroxylamine groups is 1. The Morgan fingerprint density at radius 1 is 1.35 bits per heavy atom. The Morgan fingerprint density at radius 3 is 2.88 bits per heavy atom. The number of nitrogens with zero attached hydrogens (tertiary/aromatic N) is 1. The Morgan fingerprint density at radius 2 is 2.15 bits per heavy atom. The van der Waals surface area contributed by atoms with Gasteiger partial charge in [-0.25, -0.2) is 19.2 Å². The maximum Gasteiger partial charge on any atom is 0.275 e. The van der Waals surface area contributed by atoms with E-state index in [9.17, 15) is 13.6 Å². The number of carbonyl (C=O) groups excluding carboxylic acids is 1. The number of aliphatic hydroxyl groups is 1. The summed E-state index contributed by atoms with van der Waals surface area (Å²) in [5, 5.41) is 8.72. The second kappa shape index (κ2) is 8.33. The number of aromatic nitrogens is 1. The number of thiazole rings is 1. The first-order valence-electron chi connectivity index (χ1n) is 7.52. The largest absolute Gasteiger partial charge is 0.394 e. The highest BCUT2D eigenvalue weighted by molar-refractivity contribution is 14.1. The van der Waals surface area contributed by atoms with Crippen molar-refractivity contribution in [1.29, 1.82) is 0 Å².